The number of hydrogen-bond acceptors (Lipinski definition) is 9. The fraction of sp³-hybridized carbons (Fsp3) is 0.458. The summed E-state index contributed by atoms with van der Waals surface area (Å²) in [5.74, 6) is 0.439. The van der Waals surface area contributed by atoms with E-state index in [1.165, 1.54) is 0 Å². The fourth-order valence-corrected chi connectivity index (χ4v) is 3.52. The zero-order chi connectivity index (χ0) is 23.8. The molecule has 0 bridgehead atoms. The smallest absolute Gasteiger partial charge is 0.462 e. The van der Waals surface area contributed by atoms with E-state index in [1.807, 2.05) is 36.4 Å². The summed E-state index contributed by atoms with van der Waals surface area (Å²) in [4.78, 5) is 11.4. The predicted octanol–water partition coefficient (Wildman–Crippen LogP) is 1.17. The van der Waals surface area contributed by atoms with Crippen LogP contribution in [0.25, 0.3) is 0 Å². The van der Waals surface area contributed by atoms with E-state index in [2.05, 4.69) is 4.74 Å². The lowest BCUT2D eigenvalue weighted by molar-refractivity contribution is -0.278. The van der Waals surface area contributed by atoms with Gasteiger partial charge in [0, 0.05) is 13.0 Å². The Labute approximate surface area is 192 Å². The number of hydrogen-bond donors (Lipinski definition) is 4. The summed E-state index contributed by atoms with van der Waals surface area (Å²) in [7, 11) is 0. The van der Waals surface area contributed by atoms with Gasteiger partial charge in [-0.15, -0.1) is 0 Å². The zero-order valence-corrected chi connectivity index (χ0v) is 18.4. The van der Waals surface area contributed by atoms with Crippen LogP contribution in [0.15, 0.2) is 48.5 Å². The van der Waals surface area contributed by atoms with Gasteiger partial charge in [-0.25, -0.2) is 4.79 Å². The Hall–Kier alpha value is -2.69. The second-order valence-corrected chi connectivity index (χ2v) is 7.70. The molecule has 2 aromatic carbocycles. The third-order valence-electron chi connectivity index (χ3n) is 5.33. The molecule has 1 aliphatic rings. The third-order valence-corrected chi connectivity index (χ3v) is 5.33. The summed E-state index contributed by atoms with van der Waals surface area (Å²) >= 11 is 0. The van der Waals surface area contributed by atoms with Crippen LogP contribution < -0.4 is 4.74 Å². The van der Waals surface area contributed by atoms with Crippen LogP contribution in [-0.4, -0.2) is 77.1 Å². The van der Waals surface area contributed by atoms with Gasteiger partial charge in [-0.3, -0.25) is 0 Å². The highest BCUT2D eigenvalue weighted by Crippen LogP contribution is 2.28. The Morgan fingerprint density at radius 1 is 0.939 bits per heavy atom. The second-order valence-electron chi connectivity index (χ2n) is 7.70. The van der Waals surface area contributed by atoms with Gasteiger partial charge in [-0.1, -0.05) is 42.5 Å². The molecule has 3 rings (SSSR count). The van der Waals surface area contributed by atoms with Crippen LogP contribution in [0, 0.1) is 0 Å². The minimum absolute atomic E-state index is 0.0894. The third kappa shape index (κ3) is 6.66. The fourth-order valence-electron chi connectivity index (χ4n) is 3.52. The lowest BCUT2D eigenvalue weighted by atomic mass is 9.99. The van der Waals surface area contributed by atoms with Crippen LogP contribution in [0.4, 0.5) is 4.79 Å². The Bertz CT molecular complexity index is 886. The van der Waals surface area contributed by atoms with Gasteiger partial charge in [-0.05, 0) is 36.1 Å². The molecule has 0 aliphatic carbocycles. The van der Waals surface area contributed by atoms with Crippen molar-refractivity contribution < 1.29 is 44.2 Å². The van der Waals surface area contributed by atoms with Crippen LogP contribution in [-0.2, 0) is 27.1 Å². The van der Waals surface area contributed by atoms with Crippen molar-refractivity contribution >= 4 is 6.16 Å². The lowest BCUT2D eigenvalue weighted by Crippen LogP contribution is -2.60. The first-order valence-electron chi connectivity index (χ1n) is 10.8. The molecular formula is C24H30O9. The minimum atomic E-state index is -1.56. The maximum Gasteiger partial charge on any atom is 0.508 e. The monoisotopic (exact) mass is 462 g/mol. The number of ether oxygens (including phenoxy) is 4. The number of benzene rings is 2. The van der Waals surface area contributed by atoms with E-state index in [0.29, 0.717) is 18.6 Å². The Morgan fingerprint density at radius 2 is 1.64 bits per heavy atom. The second kappa shape index (κ2) is 12.0. The molecule has 9 heteroatoms. The number of aliphatic hydroxyl groups excluding tert-OH is 4. The first-order chi connectivity index (χ1) is 15.9. The van der Waals surface area contributed by atoms with Crippen LogP contribution in [0.1, 0.15) is 23.6 Å². The summed E-state index contributed by atoms with van der Waals surface area (Å²) in [6.07, 6.45) is -6.79. The lowest BCUT2D eigenvalue weighted by Gasteiger charge is -2.40. The van der Waals surface area contributed by atoms with Crippen molar-refractivity contribution in [3.63, 3.8) is 0 Å². The summed E-state index contributed by atoms with van der Waals surface area (Å²) in [5, 5.41) is 39.9. The SMILES string of the molecule is CCOC(=O)OC[C@H]1OC(Oc2ccccc2Cc2ccc(CCO)cc2)[C@H](O)[C@@H](O)[C@@H]1O. The van der Waals surface area contributed by atoms with Gasteiger partial charge in [0.2, 0.25) is 6.29 Å². The molecule has 0 radical (unpaired) electrons. The van der Waals surface area contributed by atoms with Crippen LogP contribution in [0.2, 0.25) is 0 Å². The Balaban J connectivity index is 1.70. The highest BCUT2D eigenvalue weighted by atomic mass is 16.7. The molecule has 1 unspecified atom stereocenters. The molecule has 4 N–H and O–H groups in total. The van der Waals surface area contributed by atoms with E-state index in [1.54, 1.807) is 19.1 Å². The topological polar surface area (TPSA) is 135 Å². The van der Waals surface area contributed by atoms with Crippen molar-refractivity contribution in [1.82, 2.24) is 0 Å². The molecule has 1 heterocycles. The van der Waals surface area contributed by atoms with Crippen LogP contribution in [0.5, 0.6) is 5.75 Å². The molecule has 0 spiro atoms. The Kier molecular flexibility index (Phi) is 9.04. The number of carbonyl (C=O) groups is 1. The number of aliphatic hydroxyl groups is 4. The van der Waals surface area contributed by atoms with Crippen molar-refractivity contribution in [2.75, 3.05) is 19.8 Å². The zero-order valence-electron chi connectivity index (χ0n) is 18.4. The molecule has 0 saturated carbocycles. The molecular weight excluding hydrogens is 432 g/mol. The van der Waals surface area contributed by atoms with Crippen molar-refractivity contribution in [2.45, 2.75) is 50.5 Å². The molecule has 180 valence electrons. The normalized spacial score (nSPS) is 24.8. The first-order valence-corrected chi connectivity index (χ1v) is 10.8. The number of para-hydroxylation sites is 1. The van der Waals surface area contributed by atoms with Gasteiger partial charge in [0.1, 0.15) is 36.8 Å². The summed E-state index contributed by atoms with van der Waals surface area (Å²) in [5.41, 5.74) is 2.88. The molecule has 1 aliphatic heterocycles. The highest BCUT2D eigenvalue weighted by Gasteiger charge is 2.45. The molecule has 5 atom stereocenters. The molecule has 0 amide bonds. The van der Waals surface area contributed by atoms with Gasteiger partial charge in [0.05, 0.1) is 6.61 Å². The van der Waals surface area contributed by atoms with Gasteiger partial charge in [-0.2, -0.15) is 0 Å². The van der Waals surface area contributed by atoms with Gasteiger partial charge in [0.15, 0.2) is 0 Å². The number of carbonyl (C=O) groups excluding carboxylic acids is 1. The summed E-state index contributed by atoms with van der Waals surface area (Å²) in [6.45, 7) is 1.45. The molecule has 9 nitrogen and oxygen atoms in total. The quantitative estimate of drug-likeness (QED) is 0.405. The van der Waals surface area contributed by atoms with Crippen molar-refractivity contribution in [2.24, 2.45) is 0 Å². The van der Waals surface area contributed by atoms with Crippen molar-refractivity contribution in [3.8, 4) is 5.75 Å². The number of rotatable bonds is 9. The van der Waals surface area contributed by atoms with E-state index in [4.69, 9.17) is 19.3 Å². The van der Waals surface area contributed by atoms with Crippen molar-refractivity contribution in [3.05, 3.63) is 65.2 Å². The predicted molar refractivity (Wildman–Crippen MR) is 117 cm³/mol. The van der Waals surface area contributed by atoms with Gasteiger partial charge >= 0.3 is 6.16 Å². The van der Waals surface area contributed by atoms with E-state index < -0.39 is 36.9 Å². The van der Waals surface area contributed by atoms with Crippen molar-refractivity contribution in [1.29, 1.82) is 0 Å². The summed E-state index contributed by atoms with van der Waals surface area (Å²) in [6, 6.07) is 15.1. The van der Waals surface area contributed by atoms with Gasteiger partial charge < -0.3 is 39.4 Å². The summed E-state index contributed by atoms with van der Waals surface area (Å²) < 4.78 is 21.1. The Morgan fingerprint density at radius 3 is 2.33 bits per heavy atom. The van der Waals surface area contributed by atoms with E-state index in [-0.39, 0.29) is 19.8 Å². The molecule has 2 aromatic rings. The minimum Gasteiger partial charge on any atom is -0.462 e. The maximum atomic E-state index is 11.4. The molecule has 0 aromatic heterocycles. The van der Waals surface area contributed by atoms with E-state index in [0.717, 1.165) is 16.7 Å². The van der Waals surface area contributed by atoms with E-state index >= 15 is 0 Å². The molecule has 33 heavy (non-hydrogen) atoms. The van der Waals surface area contributed by atoms with Crippen LogP contribution >= 0.6 is 0 Å². The standard InChI is InChI=1S/C24H30O9/c1-2-30-24(29)31-14-19-20(26)21(27)22(28)23(33-19)32-18-6-4-3-5-17(18)13-16-9-7-15(8-10-16)11-12-25/h3-10,19-23,25-28H,2,11-14H2,1H3/t19-,20-,21+,22-,23?/m1/s1. The van der Waals surface area contributed by atoms with E-state index in [9.17, 15) is 20.1 Å². The average molecular weight is 462 g/mol. The van der Waals surface area contributed by atoms with Gasteiger partial charge in [0.25, 0.3) is 0 Å². The molecule has 1 fully saturated rings. The maximum absolute atomic E-state index is 11.4. The van der Waals surface area contributed by atoms with Crippen LogP contribution in [0.3, 0.4) is 0 Å². The average Bonchev–Trinajstić information content (AvgIpc) is 2.81. The highest BCUT2D eigenvalue weighted by molar-refractivity contribution is 5.59. The first kappa shape index (κ1) is 24.9. The molecule has 1 saturated heterocycles. The largest absolute Gasteiger partial charge is 0.508 e.